The number of nitrogens with zero attached hydrogens (tertiary/aromatic N) is 2. The summed E-state index contributed by atoms with van der Waals surface area (Å²) in [6, 6.07) is 5.60. The molecule has 7 nitrogen and oxygen atoms in total. The van der Waals surface area contributed by atoms with Crippen LogP contribution < -0.4 is 4.74 Å². The molecular formula is C20H26N2O5S. The highest BCUT2D eigenvalue weighted by atomic mass is 32.1. The first-order valence-corrected chi connectivity index (χ1v) is 10.4. The van der Waals surface area contributed by atoms with Gasteiger partial charge in [-0.1, -0.05) is 0 Å². The van der Waals surface area contributed by atoms with Crippen molar-refractivity contribution in [3.8, 4) is 5.75 Å². The summed E-state index contributed by atoms with van der Waals surface area (Å²) in [6.07, 6.45) is 0.905. The van der Waals surface area contributed by atoms with Crippen LogP contribution in [0.1, 0.15) is 41.5 Å². The highest BCUT2D eigenvalue weighted by molar-refractivity contribution is 7.12. The zero-order chi connectivity index (χ0) is 19.9. The molecule has 1 amide bonds. The summed E-state index contributed by atoms with van der Waals surface area (Å²) in [6.45, 7) is 7.74. The Balaban J connectivity index is 1.54. The van der Waals surface area contributed by atoms with Crippen LogP contribution in [0, 0.1) is 0 Å². The van der Waals surface area contributed by atoms with Gasteiger partial charge < -0.3 is 18.8 Å². The molecule has 2 aromatic heterocycles. The fourth-order valence-corrected chi connectivity index (χ4v) is 3.98. The zero-order valence-electron chi connectivity index (χ0n) is 16.3. The van der Waals surface area contributed by atoms with E-state index in [-0.39, 0.29) is 18.5 Å². The molecule has 0 N–H and O–H groups in total. The number of furan rings is 1. The summed E-state index contributed by atoms with van der Waals surface area (Å²) in [5, 5.41) is 1.90. The Bertz CT molecular complexity index is 800. The summed E-state index contributed by atoms with van der Waals surface area (Å²) in [7, 11) is 0. The van der Waals surface area contributed by atoms with Gasteiger partial charge in [-0.25, -0.2) is 0 Å². The summed E-state index contributed by atoms with van der Waals surface area (Å²) < 4.78 is 16.3. The van der Waals surface area contributed by atoms with E-state index < -0.39 is 0 Å². The maximum Gasteiger partial charge on any atom is 0.303 e. The van der Waals surface area contributed by atoms with E-state index in [1.54, 1.807) is 0 Å². The van der Waals surface area contributed by atoms with Gasteiger partial charge >= 0.3 is 5.97 Å². The van der Waals surface area contributed by atoms with E-state index in [0.717, 1.165) is 31.8 Å². The second-order valence-electron chi connectivity index (χ2n) is 6.62. The predicted octanol–water partition coefficient (Wildman–Crippen LogP) is 3.15. The molecule has 28 heavy (non-hydrogen) atoms. The molecule has 0 aromatic carbocycles. The van der Waals surface area contributed by atoms with Crippen LogP contribution in [0.5, 0.6) is 5.75 Å². The van der Waals surface area contributed by atoms with Crippen molar-refractivity contribution >= 4 is 23.2 Å². The van der Waals surface area contributed by atoms with Crippen LogP contribution in [-0.4, -0.2) is 54.5 Å². The largest absolute Gasteiger partial charge is 0.492 e. The lowest BCUT2D eigenvalue weighted by molar-refractivity contribution is -0.142. The molecule has 3 rings (SSSR count). The molecule has 3 heterocycles. The lowest BCUT2D eigenvalue weighted by Crippen LogP contribution is -2.34. The minimum absolute atomic E-state index is 0.0435. The third-order valence-electron chi connectivity index (χ3n) is 4.51. The monoisotopic (exact) mass is 406 g/mol. The third kappa shape index (κ3) is 5.36. The van der Waals surface area contributed by atoms with Crippen LogP contribution in [0.15, 0.2) is 28.0 Å². The number of ether oxygens (including phenoxy) is 2. The van der Waals surface area contributed by atoms with Crippen LogP contribution in [0.2, 0.25) is 0 Å². The van der Waals surface area contributed by atoms with Gasteiger partial charge in [-0.05, 0) is 36.9 Å². The topological polar surface area (TPSA) is 72.2 Å². The third-order valence-corrected chi connectivity index (χ3v) is 5.40. The van der Waals surface area contributed by atoms with Gasteiger partial charge in [-0.3, -0.25) is 14.5 Å². The molecule has 2 aromatic rings. The second kappa shape index (κ2) is 9.75. The van der Waals surface area contributed by atoms with E-state index in [2.05, 4.69) is 4.90 Å². The van der Waals surface area contributed by atoms with Gasteiger partial charge in [-0.15, -0.1) is 11.3 Å². The standard InChI is InChI=1S/C20H26N2O5S/c1-3-25-18-7-12-28-19(18)20(24)22-9-4-8-21(10-11-22)13-16-5-6-17(27-16)14-26-15(2)23/h5-7,12H,3-4,8-11,13-14H2,1-2H3. The summed E-state index contributed by atoms with van der Waals surface area (Å²) in [4.78, 5) is 28.6. The number of hydrogen-bond donors (Lipinski definition) is 0. The van der Waals surface area contributed by atoms with E-state index in [0.29, 0.717) is 36.1 Å². The summed E-state index contributed by atoms with van der Waals surface area (Å²) >= 11 is 1.43. The van der Waals surface area contributed by atoms with Gasteiger partial charge in [0.15, 0.2) is 0 Å². The Morgan fingerprint density at radius 1 is 1.14 bits per heavy atom. The van der Waals surface area contributed by atoms with Crippen LogP contribution in [-0.2, 0) is 22.7 Å². The Morgan fingerprint density at radius 2 is 1.96 bits per heavy atom. The van der Waals surface area contributed by atoms with Crippen molar-refractivity contribution in [3.63, 3.8) is 0 Å². The average Bonchev–Trinajstić information content (AvgIpc) is 3.25. The van der Waals surface area contributed by atoms with Gasteiger partial charge in [0.05, 0.1) is 13.2 Å². The van der Waals surface area contributed by atoms with E-state index in [1.165, 1.54) is 18.3 Å². The summed E-state index contributed by atoms with van der Waals surface area (Å²) in [5.41, 5.74) is 0. The molecular weight excluding hydrogens is 380 g/mol. The van der Waals surface area contributed by atoms with Crippen LogP contribution in [0.3, 0.4) is 0 Å². The fraction of sp³-hybridized carbons (Fsp3) is 0.500. The van der Waals surface area contributed by atoms with E-state index in [4.69, 9.17) is 13.9 Å². The molecule has 8 heteroatoms. The van der Waals surface area contributed by atoms with E-state index >= 15 is 0 Å². The number of carbonyl (C=O) groups is 2. The first-order valence-electron chi connectivity index (χ1n) is 9.49. The molecule has 152 valence electrons. The smallest absolute Gasteiger partial charge is 0.303 e. The first-order chi connectivity index (χ1) is 13.6. The minimum atomic E-state index is -0.325. The molecule has 1 saturated heterocycles. The van der Waals surface area contributed by atoms with Gasteiger partial charge in [0.1, 0.15) is 28.8 Å². The molecule has 0 spiro atoms. The quantitative estimate of drug-likeness (QED) is 0.658. The normalized spacial score (nSPS) is 15.3. The zero-order valence-corrected chi connectivity index (χ0v) is 17.1. The number of amides is 1. The Morgan fingerprint density at radius 3 is 2.75 bits per heavy atom. The maximum absolute atomic E-state index is 12.9. The Labute approximate surface area is 168 Å². The number of esters is 1. The molecule has 0 saturated carbocycles. The molecule has 0 radical (unpaired) electrons. The molecule has 1 fully saturated rings. The predicted molar refractivity (Wildman–Crippen MR) is 105 cm³/mol. The number of thiophene rings is 1. The Hall–Kier alpha value is -2.32. The highest BCUT2D eigenvalue weighted by Crippen LogP contribution is 2.27. The van der Waals surface area contributed by atoms with Gasteiger partial charge in [0.2, 0.25) is 0 Å². The average molecular weight is 407 g/mol. The second-order valence-corrected chi connectivity index (χ2v) is 7.53. The molecule has 0 aliphatic carbocycles. The molecule has 1 aliphatic rings. The molecule has 0 atom stereocenters. The SMILES string of the molecule is CCOc1ccsc1C(=O)N1CCCN(Cc2ccc(COC(C)=O)o2)CC1. The first kappa shape index (κ1) is 20.4. The van der Waals surface area contributed by atoms with Crippen molar-refractivity contribution in [1.82, 2.24) is 9.80 Å². The van der Waals surface area contributed by atoms with Crippen LogP contribution in [0.25, 0.3) is 0 Å². The van der Waals surface area contributed by atoms with Crippen LogP contribution >= 0.6 is 11.3 Å². The van der Waals surface area contributed by atoms with Crippen molar-refractivity contribution in [1.29, 1.82) is 0 Å². The minimum Gasteiger partial charge on any atom is -0.492 e. The number of carbonyl (C=O) groups excluding carboxylic acids is 2. The van der Waals surface area contributed by atoms with Crippen molar-refractivity contribution < 1.29 is 23.5 Å². The van der Waals surface area contributed by atoms with Crippen molar-refractivity contribution in [2.45, 2.75) is 33.4 Å². The van der Waals surface area contributed by atoms with E-state index in [1.807, 2.05) is 35.4 Å². The van der Waals surface area contributed by atoms with Gasteiger partial charge in [0.25, 0.3) is 5.91 Å². The van der Waals surface area contributed by atoms with Gasteiger partial charge in [-0.2, -0.15) is 0 Å². The summed E-state index contributed by atoms with van der Waals surface area (Å²) in [5.74, 6) is 1.86. The lowest BCUT2D eigenvalue weighted by Gasteiger charge is -2.21. The van der Waals surface area contributed by atoms with Crippen molar-refractivity contribution in [3.05, 3.63) is 40.0 Å². The van der Waals surface area contributed by atoms with Crippen LogP contribution in [0.4, 0.5) is 0 Å². The highest BCUT2D eigenvalue weighted by Gasteiger charge is 2.24. The van der Waals surface area contributed by atoms with Crippen molar-refractivity contribution in [2.24, 2.45) is 0 Å². The number of hydrogen-bond acceptors (Lipinski definition) is 7. The molecule has 0 bridgehead atoms. The molecule has 0 unspecified atom stereocenters. The lowest BCUT2D eigenvalue weighted by atomic mass is 10.3. The van der Waals surface area contributed by atoms with Gasteiger partial charge in [0, 0.05) is 33.1 Å². The van der Waals surface area contributed by atoms with Crippen molar-refractivity contribution in [2.75, 3.05) is 32.8 Å². The maximum atomic E-state index is 12.9. The van der Waals surface area contributed by atoms with E-state index in [9.17, 15) is 9.59 Å². The fourth-order valence-electron chi connectivity index (χ4n) is 3.18. The number of rotatable bonds is 7. The molecule has 1 aliphatic heterocycles. The Kier molecular flexibility index (Phi) is 7.11.